The van der Waals surface area contributed by atoms with Crippen molar-refractivity contribution in [2.75, 3.05) is 13.1 Å². The Bertz CT molecular complexity index is 1100. The Kier molecular flexibility index (Phi) is 4.85. The van der Waals surface area contributed by atoms with E-state index in [0.717, 1.165) is 34.5 Å². The summed E-state index contributed by atoms with van der Waals surface area (Å²) in [5.41, 5.74) is 1.70. The number of carbonyl (C=O) groups is 2. The lowest BCUT2D eigenvalue weighted by molar-refractivity contribution is 0.0690. The lowest BCUT2D eigenvalue weighted by atomic mass is 10.0. The molecule has 5 rings (SSSR count). The van der Waals surface area contributed by atoms with Crippen molar-refractivity contribution in [3.05, 3.63) is 60.8 Å². The summed E-state index contributed by atoms with van der Waals surface area (Å²) in [6.45, 7) is 1.26. The molecule has 1 saturated heterocycles. The van der Waals surface area contributed by atoms with E-state index in [1.165, 1.54) is 18.6 Å². The number of ether oxygens (including phenoxy) is 1. The molecule has 9 heteroatoms. The van der Waals surface area contributed by atoms with Crippen LogP contribution in [0.5, 0.6) is 5.75 Å². The molecule has 1 N–H and O–H groups in total. The maximum absolute atomic E-state index is 12.7. The zero-order valence-electron chi connectivity index (χ0n) is 16.7. The standard InChI is InChI=1S/C22H21N5O4/c28-21(29)20-5-7-27(25-20)22(30)26-11-15-9-18(10-16(15)12-26)31-17-3-1-2-14(8-17)19-4-6-23-13-24-19/h1-8,13,15-16,18H,9-12H2,(H,28,29). The van der Waals surface area contributed by atoms with Crippen LogP contribution >= 0.6 is 0 Å². The molecule has 2 fully saturated rings. The number of carboxylic acid groups (broad SMARTS) is 1. The lowest BCUT2D eigenvalue weighted by Gasteiger charge is -2.20. The van der Waals surface area contributed by atoms with Crippen LogP contribution in [0, 0.1) is 11.8 Å². The lowest BCUT2D eigenvalue weighted by Crippen LogP contribution is -2.34. The minimum absolute atomic E-state index is 0.108. The Morgan fingerprint density at radius 3 is 2.58 bits per heavy atom. The number of rotatable bonds is 4. The largest absolute Gasteiger partial charge is 0.490 e. The Morgan fingerprint density at radius 1 is 1.10 bits per heavy atom. The van der Waals surface area contributed by atoms with Gasteiger partial charge in [0.1, 0.15) is 12.1 Å². The third-order valence-electron chi connectivity index (χ3n) is 6.00. The van der Waals surface area contributed by atoms with Crippen LogP contribution in [0.3, 0.4) is 0 Å². The normalized spacial score (nSPS) is 22.3. The average molecular weight is 419 g/mol. The maximum Gasteiger partial charge on any atom is 0.356 e. The van der Waals surface area contributed by atoms with Gasteiger partial charge in [-0.3, -0.25) is 0 Å². The number of fused-ring (bicyclic) bond motifs is 1. The zero-order valence-corrected chi connectivity index (χ0v) is 16.7. The third-order valence-corrected chi connectivity index (χ3v) is 6.00. The van der Waals surface area contributed by atoms with Gasteiger partial charge < -0.3 is 14.7 Å². The molecule has 31 heavy (non-hydrogen) atoms. The Hall–Kier alpha value is -3.75. The molecule has 1 saturated carbocycles. The molecular weight excluding hydrogens is 398 g/mol. The first-order valence-corrected chi connectivity index (χ1v) is 10.2. The Morgan fingerprint density at radius 2 is 1.90 bits per heavy atom. The van der Waals surface area contributed by atoms with Gasteiger partial charge in [-0.25, -0.2) is 19.6 Å². The van der Waals surface area contributed by atoms with E-state index in [9.17, 15) is 9.59 Å². The molecule has 3 aromatic rings. The first-order chi connectivity index (χ1) is 15.1. The summed E-state index contributed by atoms with van der Waals surface area (Å²) in [5, 5.41) is 12.8. The zero-order chi connectivity index (χ0) is 21.4. The number of benzene rings is 1. The van der Waals surface area contributed by atoms with Gasteiger partial charge in [-0.15, -0.1) is 0 Å². The molecular formula is C22H21N5O4. The van der Waals surface area contributed by atoms with Crippen molar-refractivity contribution < 1.29 is 19.4 Å². The molecule has 1 aliphatic heterocycles. The van der Waals surface area contributed by atoms with Crippen LogP contribution in [0.4, 0.5) is 4.79 Å². The van der Waals surface area contributed by atoms with Crippen molar-refractivity contribution in [1.82, 2.24) is 24.6 Å². The van der Waals surface area contributed by atoms with Gasteiger partial charge in [0.05, 0.1) is 11.8 Å². The van der Waals surface area contributed by atoms with E-state index in [0.29, 0.717) is 24.9 Å². The van der Waals surface area contributed by atoms with Gasteiger partial charge in [0, 0.05) is 31.0 Å². The average Bonchev–Trinajstić information content (AvgIpc) is 3.49. The van der Waals surface area contributed by atoms with Crippen molar-refractivity contribution in [2.45, 2.75) is 18.9 Å². The first kappa shape index (κ1) is 19.2. The second kappa shape index (κ2) is 7.82. The van der Waals surface area contributed by atoms with Gasteiger partial charge in [0.15, 0.2) is 5.69 Å². The van der Waals surface area contributed by atoms with E-state index in [1.807, 2.05) is 30.3 Å². The van der Waals surface area contributed by atoms with Crippen LogP contribution in [0.2, 0.25) is 0 Å². The van der Waals surface area contributed by atoms with Crippen molar-refractivity contribution in [1.29, 1.82) is 0 Å². The van der Waals surface area contributed by atoms with E-state index >= 15 is 0 Å². The minimum Gasteiger partial charge on any atom is -0.490 e. The number of amides is 1. The van der Waals surface area contributed by atoms with Crippen molar-refractivity contribution in [2.24, 2.45) is 11.8 Å². The second-order valence-electron chi connectivity index (χ2n) is 7.99. The summed E-state index contributed by atoms with van der Waals surface area (Å²) in [6, 6.07) is 10.8. The second-order valence-corrected chi connectivity index (χ2v) is 7.99. The van der Waals surface area contributed by atoms with E-state index in [-0.39, 0.29) is 17.8 Å². The highest BCUT2D eigenvalue weighted by atomic mass is 16.5. The van der Waals surface area contributed by atoms with E-state index in [2.05, 4.69) is 15.1 Å². The summed E-state index contributed by atoms with van der Waals surface area (Å²) < 4.78 is 7.36. The molecule has 0 bridgehead atoms. The summed E-state index contributed by atoms with van der Waals surface area (Å²) in [4.78, 5) is 33.6. The molecule has 2 aromatic heterocycles. The van der Waals surface area contributed by atoms with Crippen LogP contribution in [0.1, 0.15) is 23.3 Å². The molecule has 1 aliphatic carbocycles. The Balaban J connectivity index is 1.20. The summed E-state index contributed by atoms with van der Waals surface area (Å²) >= 11 is 0. The fourth-order valence-electron chi connectivity index (χ4n) is 4.57. The number of carbonyl (C=O) groups excluding carboxylic acids is 1. The molecule has 1 amide bonds. The van der Waals surface area contributed by atoms with Crippen molar-refractivity contribution >= 4 is 12.0 Å². The highest BCUT2D eigenvalue weighted by Crippen LogP contribution is 2.40. The Labute approximate surface area is 178 Å². The highest BCUT2D eigenvalue weighted by molar-refractivity contribution is 5.86. The molecule has 0 spiro atoms. The number of aromatic carboxylic acids is 1. The fourth-order valence-corrected chi connectivity index (χ4v) is 4.57. The highest BCUT2D eigenvalue weighted by Gasteiger charge is 2.43. The molecule has 2 atom stereocenters. The van der Waals surface area contributed by atoms with E-state index in [1.54, 1.807) is 11.1 Å². The molecule has 158 valence electrons. The predicted octanol–water partition coefficient (Wildman–Crippen LogP) is 2.80. The van der Waals surface area contributed by atoms with Crippen LogP contribution < -0.4 is 4.74 Å². The summed E-state index contributed by atoms with van der Waals surface area (Å²) in [6.07, 6.45) is 6.51. The molecule has 2 aliphatic rings. The SMILES string of the molecule is O=C(O)c1ccn(C(=O)N2CC3CC(Oc4cccc(-c5ccncn5)c4)CC3C2)n1. The van der Waals surface area contributed by atoms with E-state index < -0.39 is 5.97 Å². The maximum atomic E-state index is 12.7. The number of carboxylic acids is 1. The number of hydrogen-bond acceptors (Lipinski definition) is 6. The van der Waals surface area contributed by atoms with Crippen LogP contribution in [-0.4, -0.2) is 60.9 Å². The molecule has 1 aromatic carbocycles. The predicted molar refractivity (Wildman–Crippen MR) is 110 cm³/mol. The minimum atomic E-state index is -1.14. The number of hydrogen-bond donors (Lipinski definition) is 1. The monoisotopic (exact) mass is 419 g/mol. The first-order valence-electron chi connectivity index (χ1n) is 10.2. The van der Waals surface area contributed by atoms with Crippen molar-refractivity contribution in [3.8, 4) is 17.0 Å². The summed E-state index contributed by atoms with van der Waals surface area (Å²) in [7, 11) is 0. The number of aromatic nitrogens is 4. The van der Waals surface area contributed by atoms with Crippen LogP contribution in [0.25, 0.3) is 11.3 Å². The quantitative estimate of drug-likeness (QED) is 0.692. The van der Waals surface area contributed by atoms with Crippen molar-refractivity contribution in [3.63, 3.8) is 0 Å². The molecule has 9 nitrogen and oxygen atoms in total. The molecule has 2 unspecified atom stereocenters. The topological polar surface area (TPSA) is 110 Å². The third kappa shape index (κ3) is 3.86. The van der Waals surface area contributed by atoms with Gasteiger partial charge >= 0.3 is 12.0 Å². The number of nitrogens with zero attached hydrogens (tertiary/aromatic N) is 5. The number of likely N-dealkylation sites (tertiary alicyclic amines) is 1. The van der Waals surface area contributed by atoms with Gasteiger partial charge in [-0.2, -0.15) is 9.78 Å². The van der Waals surface area contributed by atoms with Gasteiger partial charge in [0.25, 0.3) is 0 Å². The van der Waals surface area contributed by atoms with Gasteiger partial charge in [0.2, 0.25) is 0 Å². The fraction of sp³-hybridized carbons (Fsp3) is 0.318. The molecule has 0 radical (unpaired) electrons. The summed E-state index contributed by atoms with van der Waals surface area (Å²) in [5.74, 6) is 0.405. The van der Waals surface area contributed by atoms with Crippen LogP contribution in [-0.2, 0) is 0 Å². The molecule has 3 heterocycles. The smallest absolute Gasteiger partial charge is 0.356 e. The van der Waals surface area contributed by atoms with E-state index in [4.69, 9.17) is 9.84 Å². The van der Waals surface area contributed by atoms with Gasteiger partial charge in [-0.05, 0) is 48.9 Å². The van der Waals surface area contributed by atoms with Crippen LogP contribution in [0.15, 0.2) is 55.1 Å². The van der Waals surface area contributed by atoms with Gasteiger partial charge in [-0.1, -0.05) is 12.1 Å².